The van der Waals surface area contributed by atoms with Crippen LogP contribution in [0.15, 0.2) is 0 Å². The van der Waals surface area contributed by atoms with Crippen molar-refractivity contribution in [3.8, 4) is 0 Å². The molecule has 0 radical (unpaired) electrons. The van der Waals surface area contributed by atoms with Crippen LogP contribution in [-0.2, 0) is 28.7 Å². The van der Waals surface area contributed by atoms with Gasteiger partial charge in [0.2, 0.25) is 11.8 Å². The molecule has 9 heteroatoms. The van der Waals surface area contributed by atoms with E-state index in [1.54, 1.807) is 4.90 Å². The zero-order valence-electron chi connectivity index (χ0n) is 24.7. The first-order valence-corrected chi connectivity index (χ1v) is 14.0. The van der Waals surface area contributed by atoms with Gasteiger partial charge in [-0.25, -0.2) is 9.59 Å². The number of piperidine rings is 2. The average Bonchev–Trinajstić information content (AvgIpc) is 3.35. The molecule has 4 saturated heterocycles. The summed E-state index contributed by atoms with van der Waals surface area (Å²) in [6.45, 7) is 14.5. The minimum atomic E-state index is -0.623. The highest BCUT2D eigenvalue weighted by Gasteiger charge is 2.53. The van der Waals surface area contributed by atoms with Crippen LogP contribution in [0.4, 0.5) is 0 Å². The van der Waals surface area contributed by atoms with E-state index in [0.29, 0.717) is 12.3 Å². The van der Waals surface area contributed by atoms with E-state index < -0.39 is 18.1 Å². The summed E-state index contributed by atoms with van der Waals surface area (Å²) in [4.78, 5) is 52.5. The number of aliphatic hydroxyl groups is 1. The number of nitrogens with zero attached hydrogens (tertiary/aromatic N) is 2. The first-order chi connectivity index (χ1) is 17.5. The van der Waals surface area contributed by atoms with Crippen LogP contribution in [0, 0.1) is 28.6 Å². The third-order valence-corrected chi connectivity index (χ3v) is 9.19. The molecule has 216 valence electrons. The van der Waals surface area contributed by atoms with Gasteiger partial charge in [-0.15, -0.1) is 0 Å². The lowest BCUT2D eigenvalue weighted by Crippen LogP contribution is -2.54. The Morgan fingerprint density at radius 1 is 0.737 bits per heavy atom. The smallest absolute Gasteiger partial charge is 0.328 e. The van der Waals surface area contributed by atoms with Gasteiger partial charge in [-0.05, 0) is 48.9 Å². The monoisotopic (exact) mass is 536 g/mol. The highest BCUT2D eigenvalue weighted by Crippen LogP contribution is 2.44. The molecule has 0 aromatic rings. The largest absolute Gasteiger partial charge is 0.467 e. The fourth-order valence-corrected chi connectivity index (χ4v) is 7.01. The van der Waals surface area contributed by atoms with Crippen molar-refractivity contribution in [1.82, 2.24) is 9.80 Å². The van der Waals surface area contributed by atoms with Crippen LogP contribution in [0.25, 0.3) is 0 Å². The molecule has 0 aliphatic carbocycles. The zero-order valence-corrected chi connectivity index (χ0v) is 24.7. The van der Waals surface area contributed by atoms with Gasteiger partial charge in [0, 0.05) is 24.3 Å². The molecule has 1 N–H and O–H groups in total. The predicted octanol–water partition coefficient (Wildman–Crippen LogP) is 3.17. The molecule has 4 aliphatic heterocycles. The molecule has 9 nitrogen and oxygen atoms in total. The van der Waals surface area contributed by atoms with E-state index >= 15 is 0 Å². The number of methoxy groups -OCH3 is 2. The Balaban J connectivity index is 0.000000211. The van der Waals surface area contributed by atoms with Gasteiger partial charge in [-0.2, -0.15) is 0 Å². The van der Waals surface area contributed by atoms with Crippen LogP contribution >= 0.6 is 0 Å². The molecule has 0 aromatic heterocycles. The Morgan fingerprint density at radius 2 is 1.13 bits per heavy atom. The van der Waals surface area contributed by atoms with Crippen molar-refractivity contribution in [2.24, 2.45) is 28.6 Å². The summed E-state index contributed by atoms with van der Waals surface area (Å²) in [7, 11) is 2.72. The maximum Gasteiger partial charge on any atom is 0.328 e. The Kier molecular flexibility index (Phi) is 8.91. The second-order valence-electron chi connectivity index (χ2n) is 13.7. The van der Waals surface area contributed by atoms with E-state index in [9.17, 15) is 24.3 Å². The number of amides is 2. The lowest BCUT2D eigenvalue weighted by Gasteiger charge is -2.42. The van der Waals surface area contributed by atoms with E-state index in [1.807, 2.05) is 25.7 Å². The number of carbonyl (C=O) groups excluding carboxylic acids is 4. The minimum Gasteiger partial charge on any atom is -0.467 e. The number of fused-ring (bicyclic) bond motifs is 2. The molecule has 0 spiro atoms. The average molecular weight is 537 g/mol. The van der Waals surface area contributed by atoms with E-state index in [-0.39, 0.29) is 58.6 Å². The number of carbonyl (C=O) groups is 4. The maximum atomic E-state index is 12.7. The fraction of sp³-hybridized carbons (Fsp3) is 0.862. The summed E-state index contributed by atoms with van der Waals surface area (Å²) in [5.74, 6) is -0.266. The van der Waals surface area contributed by atoms with Crippen molar-refractivity contribution in [1.29, 1.82) is 0 Å². The molecule has 0 saturated carbocycles. The van der Waals surface area contributed by atoms with Gasteiger partial charge in [-0.1, -0.05) is 48.5 Å². The number of esters is 2. The van der Waals surface area contributed by atoms with Crippen molar-refractivity contribution in [2.75, 3.05) is 14.2 Å². The standard InChI is InChI=1S/C15H25NO3.C14H23NO4/c1-9-8-12(14(18)19-5)16-11(9)7-6-10(13(16)17)15(2,3)4;1-14(2,3)8-5-6-9-11(16)7-10(13(18)19-4)15(9)12(8)17/h9-12H,6-8H2,1-5H3;8-11,16H,5-7H2,1-4H3/t9-,10+,11-,12+;8-,9+,10-,11+/m10/s1. The van der Waals surface area contributed by atoms with Crippen LogP contribution in [0.1, 0.15) is 87.0 Å². The van der Waals surface area contributed by atoms with Gasteiger partial charge < -0.3 is 24.4 Å². The number of hydrogen-bond donors (Lipinski definition) is 1. The molecule has 4 rings (SSSR count). The third-order valence-electron chi connectivity index (χ3n) is 9.19. The highest BCUT2D eigenvalue weighted by molar-refractivity contribution is 5.88. The lowest BCUT2D eigenvalue weighted by molar-refractivity contribution is -0.158. The lowest BCUT2D eigenvalue weighted by atomic mass is 9.74. The minimum absolute atomic E-state index is 0.0150. The molecule has 4 aliphatic rings. The Hall–Kier alpha value is -2.16. The van der Waals surface area contributed by atoms with Crippen molar-refractivity contribution >= 4 is 23.8 Å². The number of aliphatic hydroxyl groups excluding tert-OH is 1. The maximum absolute atomic E-state index is 12.7. The van der Waals surface area contributed by atoms with Crippen molar-refractivity contribution < 1.29 is 33.8 Å². The molecule has 0 unspecified atom stereocenters. The van der Waals surface area contributed by atoms with Gasteiger partial charge in [0.05, 0.1) is 26.4 Å². The van der Waals surface area contributed by atoms with Crippen LogP contribution < -0.4 is 0 Å². The third kappa shape index (κ3) is 5.73. The molecule has 2 amide bonds. The van der Waals surface area contributed by atoms with Gasteiger partial charge >= 0.3 is 11.9 Å². The Bertz CT molecular complexity index is 847. The second-order valence-corrected chi connectivity index (χ2v) is 13.7. The quantitative estimate of drug-likeness (QED) is 0.539. The Labute approximate surface area is 227 Å². The molecule has 0 aromatic carbocycles. The fourth-order valence-electron chi connectivity index (χ4n) is 7.01. The number of ether oxygens (including phenoxy) is 2. The normalized spacial score (nSPS) is 35.2. The summed E-state index contributed by atoms with van der Waals surface area (Å²) in [5, 5.41) is 10.0. The van der Waals surface area contributed by atoms with Crippen LogP contribution in [0.3, 0.4) is 0 Å². The molecule has 0 bridgehead atoms. The highest BCUT2D eigenvalue weighted by atomic mass is 16.5. The number of hydrogen-bond acceptors (Lipinski definition) is 7. The zero-order chi connectivity index (χ0) is 28.7. The Morgan fingerprint density at radius 3 is 1.55 bits per heavy atom. The van der Waals surface area contributed by atoms with Crippen LogP contribution in [0.2, 0.25) is 0 Å². The SMILES string of the molecule is COC(=O)[C@@H]1C[C@@H](C)[C@H]2CC[C@H](C(C)(C)C)C(=O)N21.COC(=O)[C@@H]1C[C@@H](O)[C@H]2CC[C@H](C(C)(C)C)C(=O)N21. The number of rotatable bonds is 2. The summed E-state index contributed by atoms with van der Waals surface area (Å²) in [6, 6.07) is -1.00. The first kappa shape index (κ1) is 30.4. The van der Waals surface area contributed by atoms with E-state index in [0.717, 1.165) is 32.1 Å². The molecule has 38 heavy (non-hydrogen) atoms. The van der Waals surface area contributed by atoms with Crippen LogP contribution in [0.5, 0.6) is 0 Å². The van der Waals surface area contributed by atoms with E-state index in [1.165, 1.54) is 14.2 Å². The van der Waals surface area contributed by atoms with E-state index in [4.69, 9.17) is 9.47 Å². The molecule has 8 atom stereocenters. The van der Waals surface area contributed by atoms with E-state index in [2.05, 4.69) is 27.7 Å². The summed E-state index contributed by atoms with van der Waals surface area (Å²) in [5.41, 5.74) is -0.176. The van der Waals surface area contributed by atoms with Gasteiger partial charge in [-0.3, -0.25) is 9.59 Å². The van der Waals surface area contributed by atoms with Crippen molar-refractivity contribution in [3.63, 3.8) is 0 Å². The van der Waals surface area contributed by atoms with Crippen molar-refractivity contribution in [2.45, 2.75) is 117 Å². The summed E-state index contributed by atoms with van der Waals surface area (Å²) < 4.78 is 9.62. The van der Waals surface area contributed by atoms with Crippen molar-refractivity contribution in [3.05, 3.63) is 0 Å². The topological polar surface area (TPSA) is 113 Å². The molecular weight excluding hydrogens is 488 g/mol. The predicted molar refractivity (Wildman–Crippen MR) is 142 cm³/mol. The van der Waals surface area contributed by atoms with Gasteiger partial charge in [0.1, 0.15) is 12.1 Å². The van der Waals surface area contributed by atoms with Crippen LogP contribution in [-0.4, -0.2) is 83.2 Å². The second kappa shape index (κ2) is 11.1. The molecular formula is C29H48N2O7. The van der Waals surface area contributed by atoms with Gasteiger partial charge in [0.15, 0.2) is 0 Å². The summed E-state index contributed by atoms with van der Waals surface area (Å²) in [6.07, 6.45) is 3.87. The van der Waals surface area contributed by atoms with Gasteiger partial charge in [0.25, 0.3) is 0 Å². The first-order valence-electron chi connectivity index (χ1n) is 14.0. The molecule has 4 heterocycles. The summed E-state index contributed by atoms with van der Waals surface area (Å²) >= 11 is 0. The molecule has 4 fully saturated rings.